The molecule has 0 bridgehead atoms. The zero-order valence-electron chi connectivity index (χ0n) is 14.3. The molecule has 0 saturated carbocycles. The van der Waals surface area contributed by atoms with Crippen molar-refractivity contribution in [3.05, 3.63) is 47.2 Å². The molecule has 0 spiro atoms. The SMILES string of the molecule is CNCCn1c(-c2cccc(CC(F)(F)F)c2)cc2c1CCCC2.Cl. The molecule has 1 heterocycles. The molecule has 3 rings (SSSR count). The van der Waals surface area contributed by atoms with Crippen LogP contribution in [0.3, 0.4) is 0 Å². The van der Waals surface area contributed by atoms with Crippen molar-refractivity contribution < 1.29 is 13.2 Å². The third kappa shape index (κ3) is 4.79. The molecule has 0 atom stereocenters. The minimum atomic E-state index is -4.17. The normalized spacial score (nSPS) is 14.1. The van der Waals surface area contributed by atoms with Crippen molar-refractivity contribution in [2.45, 2.75) is 44.8 Å². The Balaban J connectivity index is 0.00000225. The van der Waals surface area contributed by atoms with Crippen molar-refractivity contribution >= 4 is 12.4 Å². The average Bonchev–Trinajstić information content (AvgIpc) is 2.90. The van der Waals surface area contributed by atoms with Gasteiger partial charge in [0.05, 0.1) is 6.42 Å². The van der Waals surface area contributed by atoms with Crippen LogP contribution in [0.2, 0.25) is 0 Å². The summed E-state index contributed by atoms with van der Waals surface area (Å²) in [6.45, 7) is 1.68. The van der Waals surface area contributed by atoms with Crippen LogP contribution in [0.1, 0.15) is 29.7 Å². The van der Waals surface area contributed by atoms with Gasteiger partial charge in [0.25, 0.3) is 0 Å². The Morgan fingerprint density at radius 2 is 1.88 bits per heavy atom. The summed E-state index contributed by atoms with van der Waals surface area (Å²) in [4.78, 5) is 0. The van der Waals surface area contributed by atoms with Gasteiger partial charge in [0.15, 0.2) is 0 Å². The Kier molecular flexibility index (Phi) is 6.58. The van der Waals surface area contributed by atoms with E-state index in [1.54, 1.807) is 18.2 Å². The van der Waals surface area contributed by atoms with Gasteiger partial charge in [-0.1, -0.05) is 18.2 Å². The first-order valence-corrected chi connectivity index (χ1v) is 8.50. The average molecular weight is 373 g/mol. The van der Waals surface area contributed by atoms with Gasteiger partial charge in [-0.3, -0.25) is 0 Å². The highest BCUT2D eigenvalue weighted by Crippen LogP contribution is 2.32. The lowest BCUT2D eigenvalue weighted by atomic mass is 9.98. The van der Waals surface area contributed by atoms with Crippen LogP contribution in [0.15, 0.2) is 30.3 Å². The van der Waals surface area contributed by atoms with Crippen molar-refractivity contribution in [2.24, 2.45) is 0 Å². The molecule has 138 valence electrons. The summed E-state index contributed by atoms with van der Waals surface area (Å²) in [5.74, 6) is 0. The molecule has 1 N–H and O–H groups in total. The van der Waals surface area contributed by atoms with Gasteiger partial charge in [0.1, 0.15) is 0 Å². The summed E-state index contributed by atoms with van der Waals surface area (Å²) < 4.78 is 40.4. The Morgan fingerprint density at radius 3 is 2.60 bits per heavy atom. The number of alkyl halides is 3. The molecule has 1 aromatic heterocycles. The molecule has 6 heteroatoms. The quantitative estimate of drug-likeness (QED) is 0.799. The predicted octanol–water partition coefficient (Wildman–Crippen LogP) is 4.78. The molecule has 0 radical (unpaired) electrons. The second kappa shape index (κ2) is 8.28. The number of nitrogens with zero attached hydrogens (tertiary/aromatic N) is 1. The molecule has 0 saturated heterocycles. The highest BCUT2D eigenvalue weighted by molar-refractivity contribution is 5.85. The van der Waals surface area contributed by atoms with Crippen LogP contribution in [0.25, 0.3) is 11.3 Å². The molecule has 0 aliphatic heterocycles. The van der Waals surface area contributed by atoms with E-state index in [0.29, 0.717) is 5.56 Å². The first kappa shape index (κ1) is 19.9. The predicted molar refractivity (Wildman–Crippen MR) is 97.4 cm³/mol. The van der Waals surface area contributed by atoms with Crippen LogP contribution in [0, 0.1) is 0 Å². The molecule has 0 fully saturated rings. The van der Waals surface area contributed by atoms with Gasteiger partial charge in [-0.05, 0) is 61.6 Å². The number of halogens is 4. The first-order valence-electron chi connectivity index (χ1n) is 8.50. The zero-order chi connectivity index (χ0) is 17.2. The van der Waals surface area contributed by atoms with Gasteiger partial charge >= 0.3 is 6.18 Å². The number of likely N-dealkylation sites (N-methyl/N-ethyl adjacent to an activating group) is 1. The molecule has 1 aliphatic carbocycles. The Labute approximate surface area is 152 Å². The fourth-order valence-electron chi connectivity index (χ4n) is 3.56. The lowest BCUT2D eigenvalue weighted by molar-refractivity contribution is -0.127. The van der Waals surface area contributed by atoms with E-state index >= 15 is 0 Å². The van der Waals surface area contributed by atoms with Crippen LogP contribution in [0.4, 0.5) is 13.2 Å². The van der Waals surface area contributed by atoms with Gasteiger partial charge in [0.2, 0.25) is 0 Å². The summed E-state index contributed by atoms with van der Waals surface area (Å²) in [7, 11) is 1.92. The van der Waals surface area contributed by atoms with E-state index in [0.717, 1.165) is 37.2 Å². The largest absolute Gasteiger partial charge is 0.393 e. The fourth-order valence-corrected chi connectivity index (χ4v) is 3.56. The summed E-state index contributed by atoms with van der Waals surface area (Å²) in [5, 5.41) is 3.16. The van der Waals surface area contributed by atoms with Crippen LogP contribution in [-0.4, -0.2) is 24.3 Å². The van der Waals surface area contributed by atoms with E-state index in [1.807, 2.05) is 13.1 Å². The number of benzene rings is 1. The number of hydrogen-bond donors (Lipinski definition) is 1. The van der Waals surface area contributed by atoms with E-state index < -0.39 is 12.6 Å². The summed E-state index contributed by atoms with van der Waals surface area (Å²) in [6.07, 6.45) is -0.553. The number of aromatic nitrogens is 1. The van der Waals surface area contributed by atoms with Crippen LogP contribution in [0.5, 0.6) is 0 Å². The monoisotopic (exact) mass is 372 g/mol. The van der Waals surface area contributed by atoms with E-state index in [9.17, 15) is 13.2 Å². The van der Waals surface area contributed by atoms with Crippen molar-refractivity contribution in [1.82, 2.24) is 9.88 Å². The third-order valence-electron chi connectivity index (χ3n) is 4.62. The molecule has 0 unspecified atom stereocenters. The molecular weight excluding hydrogens is 349 g/mol. The third-order valence-corrected chi connectivity index (χ3v) is 4.62. The zero-order valence-corrected chi connectivity index (χ0v) is 15.1. The van der Waals surface area contributed by atoms with E-state index in [1.165, 1.54) is 24.1 Å². The second-order valence-electron chi connectivity index (χ2n) is 6.46. The van der Waals surface area contributed by atoms with Gasteiger partial charge in [-0.25, -0.2) is 0 Å². The van der Waals surface area contributed by atoms with Crippen LogP contribution < -0.4 is 5.32 Å². The number of nitrogens with one attached hydrogen (secondary N) is 1. The lowest BCUT2D eigenvalue weighted by Crippen LogP contribution is -2.18. The second-order valence-corrected chi connectivity index (χ2v) is 6.46. The molecule has 1 aliphatic rings. The number of hydrogen-bond acceptors (Lipinski definition) is 1. The van der Waals surface area contributed by atoms with Gasteiger partial charge in [0, 0.05) is 24.5 Å². The molecule has 2 aromatic rings. The minimum Gasteiger partial charge on any atom is -0.343 e. The Hall–Kier alpha value is -1.46. The standard InChI is InChI=1S/C19H23F3N2.ClH/c1-23-9-10-24-17-8-3-2-6-16(17)12-18(24)15-7-4-5-14(11-15)13-19(20,21)22;/h4-5,7,11-12,23H,2-3,6,8-10,13H2,1H3;1H. The molecular formula is C19H24ClF3N2. The fraction of sp³-hybridized carbons (Fsp3) is 0.474. The number of fused-ring (bicyclic) bond motifs is 1. The first-order chi connectivity index (χ1) is 11.5. The van der Waals surface area contributed by atoms with Gasteiger partial charge < -0.3 is 9.88 Å². The smallest absolute Gasteiger partial charge is 0.343 e. The van der Waals surface area contributed by atoms with Crippen LogP contribution >= 0.6 is 12.4 Å². The summed E-state index contributed by atoms with van der Waals surface area (Å²) in [5.41, 5.74) is 4.95. The molecule has 0 amide bonds. The lowest BCUT2D eigenvalue weighted by Gasteiger charge is -2.17. The van der Waals surface area contributed by atoms with Crippen molar-refractivity contribution in [3.8, 4) is 11.3 Å². The number of aryl methyl sites for hydroxylation is 1. The van der Waals surface area contributed by atoms with Gasteiger partial charge in [-0.2, -0.15) is 13.2 Å². The maximum absolute atomic E-state index is 12.7. The minimum absolute atomic E-state index is 0. The topological polar surface area (TPSA) is 17.0 Å². The Bertz CT molecular complexity index is 707. The number of rotatable bonds is 5. The highest BCUT2D eigenvalue weighted by Gasteiger charge is 2.28. The van der Waals surface area contributed by atoms with Crippen molar-refractivity contribution in [2.75, 3.05) is 13.6 Å². The van der Waals surface area contributed by atoms with Crippen molar-refractivity contribution in [3.63, 3.8) is 0 Å². The summed E-state index contributed by atoms with van der Waals surface area (Å²) >= 11 is 0. The van der Waals surface area contributed by atoms with Gasteiger partial charge in [-0.15, -0.1) is 12.4 Å². The maximum atomic E-state index is 12.7. The summed E-state index contributed by atoms with van der Waals surface area (Å²) in [6, 6.07) is 9.06. The van der Waals surface area contributed by atoms with E-state index in [4.69, 9.17) is 0 Å². The maximum Gasteiger partial charge on any atom is 0.393 e. The molecule has 1 aromatic carbocycles. The molecule has 25 heavy (non-hydrogen) atoms. The van der Waals surface area contributed by atoms with Crippen LogP contribution in [-0.2, 0) is 25.8 Å². The Morgan fingerprint density at radius 1 is 1.12 bits per heavy atom. The highest BCUT2D eigenvalue weighted by atomic mass is 35.5. The van der Waals surface area contributed by atoms with E-state index in [-0.39, 0.29) is 12.4 Å². The van der Waals surface area contributed by atoms with Crippen molar-refractivity contribution in [1.29, 1.82) is 0 Å². The molecule has 2 nitrogen and oxygen atoms in total. The van der Waals surface area contributed by atoms with E-state index in [2.05, 4.69) is 16.0 Å².